The van der Waals surface area contributed by atoms with Crippen molar-refractivity contribution in [3.63, 3.8) is 0 Å². The maximum absolute atomic E-state index is 12.1. The van der Waals surface area contributed by atoms with Gasteiger partial charge in [-0.1, -0.05) is 12.1 Å². The van der Waals surface area contributed by atoms with Crippen LogP contribution >= 0.6 is 0 Å². The van der Waals surface area contributed by atoms with E-state index in [1.165, 1.54) is 6.08 Å². The van der Waals surface area contributed by atoms with E-state index in [-0.39, 0.29) is 18.4 Å². The molecular formula is C16H18N2O3. The molecule has 1 aromatic heterocycles. The molecule has 0 radical (unpaired) electrons. The Morgan fingerprint density at radius 2 is 2.33 bits per heavy atom. The van der Waals surface area contributed by atoms with E-state index in [0.29, 0.717) is 18.0 Å². The number of nitrogens with zero attached hydrogens (tertiary/aromatic N) is 2. The van der Waals surface area contributed by atoms with Gasteiger partial charge in [0.2, 0.25) is 11.8 Å². The third-order valence-corrected chi connectivity index (χ3v) is 3.77. The van der Waals surface area contributed by atoms with E-state index in [0.717, 1.165) is 24.9 Å². The number of carbonyl (C=O) groups is 1. The first-order valence-electron chi connectivity index (χ1n) is 7.19. The molecule has 1 N–H and O–H groups in total. The molecule has 5 nitrogen and oxygen atoms in total. The van der Waals surface area contributed by atoms with E-state index >= 15 is 0 Å². The highest BCUT2D eigenvalue weighted by Crippen LogP contribution is 2.18. The number of fused-ring (bicyclic) bond motifs is 1. The molecule has 0 saturated carbocycles. The van der Waals surface area contributed by atoms with Gasteiger partial charge in [0.1, 0.15) is 5.52 Å². The molecule has 2 aromatic rings. The summed E-state index contributed by atoms with van der Waals surface area (Å²) in [6, 6.07) is 7.49. The lowest BCUT2D eigenvalue weighted by molar-refractivity contribution is -0.127. The van der Waals surface area contributed by atoms with Gasteiger partial charge in [-0.25, -0.2) is 4.98 Å². The smallest absolute Gasteiger partial charge is 0.246 e. The number of hydrogen-bond acceptors (Lipinski definition) is 4. The van der Waals surface area contributed by atoms with E-state index in [2.05, 4.69) is 4.98 Å². The van der Waals surface area contributed by atoms with Gasteiger partial charge in [-0.3, -0.25) is 4.79 Å². The number of aromatic nitrogens is 1. The van der Waals surface area contributed by atoms with Crippen LogP contribution in [0.2, 0.25) is 0 Å². The van der Waals surface area contributed by atoms with Crippen LogP contribution in [0.25, 0.3) is 17.2 Å². The fourth-order valence-electron chi connectivity index (χ4n) is 2.62. The van der Waals surface area contributed by atoms with Crippen molar-refractivity contribution in [1.82, 2.24) is 9.88 Å². The monoisotopic (exact) mass is 286 g/mol. The largest absolute Gasteiger partial charge is 0.437 e. The first-order valence-corrected chi connectivity index (χ1v) is 7.19. The highest BCUT2D eigenvalue weighted by molar-refractivity contribution is 5.91. The van der Waals surface area contributed by atoms with Crippen LogP contribution in [0.1, 0.15) is 18.7 Å². The van der Waals surface area contributed by atoms with Crippen molar-refractivity contribution >= 4 is 23.1 Å². The molecule has 3 rings (SSSR count). The fourth-order valence-corrected chi connectivity index (χ4v) is 2.62. The summed E-state index contributed by atoms with van der Waals surface area (Å²) in [6.07, 6.45) is 5.01. The van der Waals surface area contributed by atoms with Gasteiger partial charge in [0.25, 0.3) is 0 Å². The molecule has 5 heteroatoms. The molecule has 1 aliphatic rings. The van der Waals surface area contributed by atoms with Crippen molar-refractivity contribution < 1.29 is 14.3 Å². The summed E-state index contributed by atoms with van der Waals surface area (Å²) in [5.41, 5.74) is 1.49. The van der Waals surface area contributed by atoms with E-state index in [9.17, 15) is 9.90 Å². The summed E-state index contributed by atoms with van der Waals surface area (Å²) in [4.78, 5) is 18.2. The standard InChI is InChI=1S/C16H18N2O3/c19-11-12-4-3-9-18(10-12)16(20)8-7-15-17-13-5-1-2-6-14(13)21-15/h1-2,5-8,12,19H,3-4,9-11H2/b8-7+. The van der Waals surface area contributed by atoms with Crippen LogP contribution in [-0.2, 0) is 4.79 Å². The number of para-hydroxylation sites is 2. The van der Waals surface area contributed by atoms with E-state index < -0.39 is 0 Å². The maximum atomic E-state index is 12.1. The minimum atomic E-state index is -0.0598. The molecule has 0 aliphatic carbocycles. The second kappa shape index (κ2) is 6.10. The molecule has 110 valence electrons. The lowest BCUT2D eigenvalue weighted by Crippen LogP contribution is -2.40. The lowest BCUT2D eigenvalue weighted by atomic mass is 9.99. The molecule has 1 aliphatic heterocycles. The minimum absolute atomic E-state index is 0.0598. The number of oxazole rings is 1. The van der Waals surface area contributed by atoms with Crippen molar-refractivity contribution in [1.29, 1.82) is 0 Å². The molecule has 1 aromatic carbocycles. The third kappa shape index (κ3) is 3.13. The molecule has 1 saturated heterocycles. The van der Waals surface area contributed by atoms with Crippen LogP contribution in [0, 0.1) is 5.92 Å². The average molecular weight is 286 g/mol. The summed E-state index contributed by atoms with van der Waals surface area (Å²) in [5, 5.41) is 9.20. The molecule has 0 bridgehead atoms. The topological polar surface area (TPSA) is 66.6 Å². The molecular weight excluding hydrogens is 268 g/mol. The first-order chi connectivity index (χ1) is 10.3. The van der Waals surface area contributed by atoms with E-state index in [1.807, 2.05) is 24.3 Å². The summed E-state index contributed by atoms with van der Waals surface area (Å²) in [6.45, 7) is 1.50. The highest BCUT2D eigenvalue weighted by Gasteiger charge is 2.21. The summed E-state index contributed by atoms with van der Waals surface area (Å²) in [7, 11) is 0. The number of aliphatic hydroxyl groups is 1. The van der Waals surface area contributed by atoms with Gasteiger partial charge in [-0.05, 0) is 30.9 Å². The molecule has 1 unspecified atom stereocenters. The fraction of sp³-hybridized carbons (Fsp3) is 0.375. The highest BCUT2D eigenvalue weighted by atomic mass is 16.3. The van der Waals surface area contributed by atoms with Crippen LogP contribution < -0.4 is 0 Å². The Morgan fingerprint density at radius 3 is 3.14 bits per heavy atom. The lowest BCUT2D eigenvalue weighted by Gasteiger charge is -2.31. The van der Waals surface area contributed by atoms with Gasteiger partial charge in [0.05, 0.1) is 0 Å². The van der Waals surface area contributed by atoms with Gasteiger partial charge < -0.3 is 14.4 Å². The Balaban J connectivity index is 1.68. The maximum Gasteiger partial charge on any atom is 0.246 e. The average Bonchev–Trinajstić information content (AvgIpc) is 2.95. The van der Waals surface area contributed by atoms with Crippen molar-refractivity contribution in [3.8, 4) is 0 Å². The molecule has 1 amide bonds. The molecule has 0 spiro atoms. The number of aliphatic hydroxyl groups excluding tert-OH is 1. The molecule has 1 atom stereocenters. The Labute approximate surface area is 122 Å². The van der Waals surface area contributed by atoms with Crippen LogP contribution in [0.3, 0.4) is 0 Å². The Morgan fingerprint density at radius 1 is 1.48 bits per heavy atom. The Kier molecular flexibility index (Phi) is 4.01. The SMILES string of the molecule is O=C(/C=C/c1nc2ccccc2o1)N1CCCC(CO)C1. The van der Waals surface area contributed by atoms with Crippen molar-refractivity contribution in [2.45, 2.75) is 12.8 Å². The second-order valence-corrected chi connectivity index (χ2v) is 5.33. The zero-order chi connectivity index (χ0) is 14.7. The minimum Gasteiger partial charge on any atom is -0.437 e. The van der Waals surface area contributed by atoms with E-state index in [1.54, 1.807) is 11.0 Å². The molecule has 1 fully saturated rings. The summed E-state index contributed by atoms with van der Waals surface area (Å²) in [5.74, 6) is 0.566. The third-order valence-electron chi connectivity index (χ3n) is 3.77. The van der Waals surface area contributed by atoms with Gasteiger partial charge >= 0.3 is 0 Å². The second-order valence-electron chi connectivity index (χ2n) is 5.33. The zero-order valence-corrected chi connectivity index (χ0v) is 11.7. The number of piperidine rings is 1. The van der Waals surface area contributed by atoms with Gasteiger partial charge in [0, 0.05) is 31.8 Å². The number of hydrogen-bond donors (Lipinski definition) is 1. The zero-order valence-electron chi connectivity index (χ0n) is 11.7. The normalized spacial score (nSPS) is 19.5. The quantitative estimate of drug-likeness (QED) is 0.877. The number of likely N-dealkylation sites (tertiary alicyclic amines) is 1. The number of carbonyl (C=O) groups excluding carboxylic acids is 1. The van der Waals surface area contributed by atoms with Crippen molar-refractivity contribution in [2.75, 3.05) is 19.7 Å². The predicted octanol–water partition coefficient (Wildman–Crippen LogP) is 2.07. The molecule has 21 heavy (non-hydrogen) atoms. The predicted molar refractivity (Wildman–Crippen MR) is 79.4 cm³/mol. The Hall–Kier alpha value is -2.14. The number of amides is 1. The van der Waals surface area contributed by atoms with Gasteiger partial charge in [-0.2, -0.15) is 0 Å². The van der Waals surface area contributed by atoms with Crippen LogP contribution in [-0.4, -0.2) is 40.6 Å². The first kappa shape index (κ1) is 13.8. The molecule has 2 heterocycles. The van der Waals surface area contributed by atoms with Crippen LogP contribution in [0.4, 0.5) is 0 Å². The van der Waals surface area contributed by atoms with Crippen LogP contribution in [0.5, 0.6) is 0 Å². The summed E-state index contributed by atoms with van der Waals surface area (Å²) < 4.78 is 5.54. The van der Waals surface area contributed by atoms with Crippen molar-refractivity contribution in [2.24, 2.45) is 5.92 Å². The van der Waals surface area contributed by atoms with Gasteiger partial charge in [0.15, 0.2) is 5.58 Å². The number of rotatable bonds is 3. The Bertz CT molecular complexity index is 629. The summed E-state index contributed by atoms with van der Waals surface area (Å²) >= 11 is 0. The van der Waals surface area contributed by atoms with Crippen LogP contribution in [0.15, 0.2) is 34.8 Å². The van der Waals surface area contributed by atoms with E-state index in [4.69, 9.17) is 4.42 Å². The number of benzene rings is 1. The van der Waals surface area contributed by atoms with Gasteiger partial charge in [-0.15, -0.1) is 0 Å². The van der Waals surface area contributed by atoms with Crippen molar-refractivity contribution in [3.05, 3.63) is 36.2 Å².